The second-order valence-corrected chi connectivity index (χ2v) is 4.75. The Morgan fingerprint density at radius 1 is 1.61 bits per heavy atom. The summed E-state index contributed by atoms with van der Waals surface area (Å²) in [6.45, 7) is 3.49. The molecule has 0 aliphatic carbocycles. The molecule has 2 rings (SSSR count). The van der Waals surface area contributed by atoms with Gasteiger partial charge in [-0.15, -0.1) is 0 Å². The van der Waals surface area contributed by atoms with E-state index in [0.29, 0.717) is 18.8 Å². The summed E-state index contributed by atoms with van der Waals surface area (Å²) < 4.78 is 18.4. The molecule has 98 valence electrons. The van der Waals surface area contributed by atoms with E-state index in [-0.39, 0.29) is 17.8 Å². The van der Waals surface area contributed by atoms with Gasteiger partial charge in [0.05, 0.1) is 11.5 Å². The van der Waals surface area contributed by atoms with Crippen molar-refractivity contribution in [2.24, 2.45) is 0 Å². The van der Waals surface area contributed by atoms with E-state index in [1.807, 2.05) is 6.92 Å². The largest absolute Gasteiger partial charge is 0.379 e. The first-order chi connectivity index (χ1) is 8.50. The highest BCUT2D eigenvalue weighted by Gasteiger charge is 2.29. The summed E-state index contributed by atoms with van der Waals surface area (Å²) in [5.74, 6) is -0.467. The standard InChI is InChI=1S/C12H15FN2O3/c1-12(4-5-18-8-12)14-7-9-6-10(13)2-3-11(9)15(16)17/h2-3,6,14H,4-5,7-8H2,1H3. The summed E-state index contributed by atoms with van der Waals surface area (Å²) in [4.78, 5) is 10.3. The number of nitro benzene ring substituents is 1. The Balaban J connectivity index is 2.12. The maximum Gasteiger partial charge on any atom is 0.274 e. The van der Waals surface area contributed by atoms with Crippen LogP contribution in [0.25, 0.3) is 0 Å². The normalized spacial score (nSPS) is 23.2. The van der Waals surface area contributed by atoms with Crippen molar-refractivity contribution >= 4 is 5.69 Å². The van der Waals surface area contributed by atoms with E-state index in [1.165, 1.54) is 12.1 Å². The average molecular weight is 254 g/mol. The summed E-state index contributed by atoms with van der Waals surface area (Å²) in [7, 11) is 0. The van der Waals surface area contributed by atoms with Crippen molar-refractivity contribution in [2.75, 3.05) is 13.2 Å². The molecule has 1 unspecified atom stereocenters. The molecule has 6 heteroatoms. The molecule has 1 aliphatic heterocycles. The molecule has 1 N–H and O–H groups in total. The van der Waals surface area contributed by atoms with Crippen LogP contribution < -0.4 is 5.32 Å². The third kappa shape index (κ3) is 2.83. The van der Waals surface area contributed by atoms with Crippen LogP contribution in [-0.4, -0.2) is 23.7 Å². The SMILES string of the molecule is CC1(NCc2cc(F)ccc2[N+](=O)[O-])CCOC1. The van der Waals surface area contributed by atoms with Gasteiger partial charge in [-0.3, -0.25) is 10.1 Å². The number of nitrogens with zero attached hydrogens (tertiary/aromatic N) is 1. The maximum absolute atomic E-state index is 13.1. The molecular formula is C12H15FN2O3. The smallest absolute Gasteiger partial charge is 0.274 e. The van der Waals surface area contributed by atoms with Crippen molar-refractivity contribution in [2.45, 2.75) is 25.4 Å². The molecule has 1 aliphatic rings. The second kappa shape index (κ2) is 4.99. The molecule has 1 aromatic carbocycles. The molecule has 1 aromatic rings. The van der Waals surface area contributed by atoms with Gasteiger partial charge in [-0.05, 0) is 25.5 Å². The number of nitro groups is 1. The van der Waals surface area contributed by atoms with Crippen LogP contribution in [0.5, 0.6) is 0 Å². The lowest BCUT2D eigenvalue weighted by molar-refractivity contribution is -0.385. The van der Waals surface area contributed by atoms with Crippen LogP contribution in [-0.2, 0) is 11.3 Å². The van der Waals surface area contributed by atoms with Crippen LogP contribution in [0.4, 0.5) is 10.1 Å². The predicted octanol–water partition coefficient (Wildman–Crippen LogP) is 2.00. The number of ether oxygens (including phenoxy) is 1. The molecule has 5 nitrogen and oxygen atoms in total. The third-order valence-corrected chi connectivity index (χ3v) is 3.16. The van der Waals surface area contributed by atoms with E-state index in [4.69, 9.17) is 4.74 Å². The Morgan fingerprint density at radius 3 is 3.00 bits per heavy atom. The molecule has 0 saturated carbocycles. The minimum absolute atomic E-state index is 0.0635. The molecule has 0 amide bonds. The van der Waals surface area contributed by atoms with Crippen molar-refractivity contribution < 1.29 is 14.1 Å². The molecule has 1 fully saturated rings. The van der Waals surface area contributed by atoms with Crippen LogP contribution >= 0.6 is 0 Å². The topological polar surface area (TPSA) is 64.4 Å². The van der Waals surface area contributed by atoms with Crippen molar-refractivity contribution in [1.29, 1.82) is 0 Å². The quantitative estimate of drug-likeness (QED) is 0.659. The first kappa shape index (κ1) is 12.9. The Hall–Kier alpha value is -1.53. The summed E-state index contributed by atoms with van der Waals surface area (Å²) in [5.41, 5.74) is 0.0970. The van der Waals surface area contributed by atoms with E-state index >= 15 is 0 Å². The van der Waals surface area contributed by atoms with Gasteiger partial charge in [0.25, 0.3) is 5.69 Å². The third-order valence-electron chi connectivity index (χ3n) is 3.16. The zero-order chi connectivity index (χ0) is 13.2. The van der Waals surface area contributed by atoms with Gasteiger partial charge in [0.15, 0.2) is 0 Å². The number of halogens is 1. The molecule has 0 radical (unpaired) electrons. The van der Waals surface area contributed by atoms with Crippen LogP contribution in [0.1, 0.15) is 18.9 Å². The van der Waals surface area contributed by atoms with E-state index in [1.54, 1.807) is 0 Å². The lowest BCUT2D eigenvalue weighted by Gasteiger charge is -2.23. The Morgan fingerprint density at radius 2 is 2.39 bits per heavy atom. The first-order valence-electron chi connectivity index (χ1n) is 5.76. The van der Waals surface area contributed by atoms with Gasteiger partial charge in [-0.25, -0.2) is 4.39 Å². The number of hydrogen-bond donors (Lipinski definition) is 1. The fraction of sp³-hybridized carbons (Fsp3) is 0.500. The monoisotopic (exact) mass is 254 g/mol. The van der Waals surface area contributed by atoms with Crippen molar-refractivity contribution in [3.8, 4) is 0 Å². The van der Waals surface area contributed by atoms with Crippen LogP contribution in [0, 0.1) is 15.9 Å². The van der Waals surface area contributed by atoms with E-state index < -0.39 is 10.7 Å². The molecule has 1 heterocycles. The number of benzene rings is 1. The van der Waals surface area contributed by atoms with E-state index in [2.05, 4.69) is 5.32 Å². The molecule has 0 bridgehead atoms. The average Bonchev–Trinajstić information content (AvgIpc) is 2.74. The maximum atomic E-state index is 13.1. The fourth-order valence-corrected chi connectivity index (χ4v) is 1.99. The lowest BCUT2D eigenvalue weighted by Crippen LogP contribution is -2.42. The second-order valence-electron chi connectivity index (χ2n) is 4.75. The Labute approximate surface area is 104 Å². The number of rotatable bonds is 4. The zero-order valence-electron chi connectivity index (χ0n) is 10.1. The van der Waals surface area contributed by atoms with Crippen LogP contribution in [0.3, 0.4) is 0 Å². The summed E-state index contributed by atoms with van der Waals surface area (Å²) in [6.07, 6.45) is 0.843. The highest BCUT2D eigenvalue weighted by atomic mass is 19.1. The van der Waals surface area contributed by atoms with Gasteiger partial charge < -0.3 is 10.1 Å². The minimum atomic E-state index is -0.496. The van der Waals surface area contributed by atoms with Crippen LogP contribution in [0.2, 0.25) is 0 Å². The number of nitrogens with one attached hydrogen (secondary N) is 1. The summed E-state index contributed by atoms with van der Waals surface area (Å²) >= 11 is 0. The first-order valence-corrected chi connectivity index (χ1v) is 5.76. The molecule has 1 atom stereocenters. The molecule has 1 saturated heterocycles. The molecule has 0 spiro atoms. The lowest BCUT2D eigenvalue weighted by atomic mass is 10.0. The van der Waals surface area contributed by atoms with E-state index in [0.717, 1.165) is 12.5 Å². The minimum Gasteiger partial charge on any atom is -0.379 e. The van der Waals surface area contributed by atoms with Gasteiger partial charge in [-0.1, -0.05) is 0 Å². The zero-order valence-corrected chi connectivity index (χ0v) is 10.1. The van der Waals surface area contributed by atoms with Gasteiger partial charge in [0.2, 0.25) is 0 Å². The van der Waals surface area contributed by atoms with Crippen molar-refractivity contribution in [3.05, 3.63) is 39.7 Å². The Kier molecular flexibility index (Phi) is 3.58. The predicted molar refractivity (Wildman–Crippen MR) is 63.7 cm³/mol. The molecular weight excluding hydrogens is 239 g/mol. The van der Waals surface area contributed by atoms with Gasteiger partial charge >= 0.3 is 0 Å². The van der Waals surface area contributed by atoms with Crippen molar-refractivity contribution in [1.82, 2.24) is 5.32 Å². The van der Waals surface area contributed by atoms with Crippen LogP contribution in [0.15, 0.2) is 18.2 Å². The van der Waals surface area contributed by atoms with Gasteiger partial charge in [0.1, 0.15) is 5.82 Å². The highest BCUT2D eigenvalue weighted by molar-refractivity contribution is 5.40. The van der Waals surface area contributed by atoms with E-state index in [9.17, 15) is 14.5 Å². The molecule has 18 heavy (non-hydrogen) atoms. The highest BCUT2D eigenvalue weighted by Crippen LogP contribution is 2.22. The van der Waals surface area contributed by atoms with Gasteiger partial charge in [-0.2, -0.15) is 0 Å². The summed E-state index contributed by atoms with van der Waals surface area (Å²) in [5, 5.41) is 14.0. The van der Waals surface area contributed by atoms with Gasteiger partial charge in [0, 0.05) is 30.3 Å². The number of hydrogen-bond acceptors (Lipinski definition) is 4. The summed E-state index contributed by atoms with van der Waals surface area (Å²) in [6, 6.07) is 3.49. The van der Waals surface area contributed by atoms with Crippen molar-refractivity contribution in [3.63, 3.8) is 0 Å². The molecule has 0 aromatic heterocycles. The fourth-order valence-electron chi connectivity index (χ4n) is 1.99. The Bertz CT molecular complexity index is 459.